The number of anilines is 1. The second-order valence-electron chi connectivity index (χ2n) is 8.74. The minimum atomic E-state index is -0.779. The van der Waals surface area contributed by atoms with E-state index in [0.717, 1.165) is 34.4 Å². The highest BCUT2D eigenvalue weighted by Crippen LogP contribution is 2.34. The van der Waals surface area contributed by atoms with E-state index in [1.165, 1.54) is 5.56 Å². The maximum Gasteiger partial charge on any atom is 0.322 e. The van der Waals surface area contributed by atoms with Gasteiger partial charge >= 0.3 is 6.03 Å². The van der Waals surface area contributed by atoms with Gasteiger partial charge in [0, 0.05) is 24.7 Å². The third kappa shape index (κ3) is 4.73. The number of fused-ring (bicyclic) bond motifs is 1. The summed E-state index contributed by atoms with van der Waals surface area (Å²) in [6.07, 6.45) is 0.124. The third-order valence-electron chi connectivity index (χ3n) is 6.52. The number of para-hydroxylation sites is 1. The monoisotopic (exact) mass is 448 g/mol. The molecule has 4 aromatic rings. The number of rotatable bonds is 5. The second-order valence-corrected chi connectivity index (χ2v) is 8.74. The van der Waals surface area contributed by atoms with Gasteiger partial charge in [0.2, 0.25) is 0 Å². The van der Waals surface area contributed by atoms with Gasteiger partial charge < -0.3 is 10.4 Å². The van der Waals surface area contributed by atoms with E-state index >= 15 is 0 Å². The van der Waals surface area contributed by atoms with E-state index in [0.29, 0.717) is 6.54 Å². The minimum absolute atomic E-state index is 0.151. The highest BCUT2D eigenvalue weighted by Gasteiger charge is 2.29. The molecule has 4 nitrogen and oxygen atoms in total. The zero-order valence-corrected chi connectivity index (χ0v) is 19.0. The minimum Gasteiger partial charge on any atom is -0.387 e. The van der Waals surface area contributed by atoms with Crippen LogP contribution in [0.2, 0.25) is 0 Å². The van der Waals surface area contributed by atoms with Crippen molar-refractivity contribution in [3.63, 3.8) is 0 Å². The fraction of sp³-hybridized carbons (Fsp3) is 0.167. The lowest BCUT2D eigenvalue weighted by molar-refractivity contribution is 0.174. The molecule has 2 unspecified atom stereocenters. The Morgan fingerprint density at radius 1 is 0.824 bits per heavy atom. The van der Waals surface area contributed by atoms with Gasteiger partial charge in [0.25, 0.3) is 0 Å². The van der Waals surface area contributed by atoms with Crippen LogP contribution in [-0.2, 0) is 6.42 Å². The number of hydrogen-bond donors (Lipinski definition) is 2. The van der Waals surface area contributed by atoms with Crippen molar-refractivity contribution in [1.82, 2.24) is 5.32 Å². The summed E-state index contributed by atoms with van der Waals surface area (Å²) >= 11 is 0. The van der Waals surface area contributed by atoms with Crippen LogP contribution in [0, 0.1) is 0 Å². The van der Waals surface area contributed by atoms with Crippen LogP contribution < -0.4 is 10.2 Å². The molecular formula is C30H28N2O2. The maximum atomic E-state index is 13.2. The summed E-state index contributed by atoms with van der Waals surface area (Å²) in [5.41, 5.74) is 6.34. The molecule has 1 heterocycles. The molecule has 2 atom stereocenters. The Morgan fingerprint density at radius 3 is 2.18 bits per heavy atom. The number of nitrogens with one attached hydrogen (secondary N) is 1. The third-order valence-corrected chi connectivity index (χ3v) is 6.52. The van der Waals surface area contributed by atoms with Crippen LogP contribution >= 0.6 is 0 Å². The number of aliphatic hydroxyl groups is 1. The quantitative estimate of drug-likeness (QED) is 0.397. The molecule has 2 N–H and O–H groups in total. The summed E-state index contributed by atoms with van der Waals surface area (Å²) in [4.78, 5) is 15.0. The maximum absolute atomic E-state index is 13.2. The number of urea groups is 1. The van der Waals surface area contributed by atoms with Crippen molar-refractivity contribution in [3.8, 4) is 11.1 Å². The summed E-state index contributed by atoms with van der Waals surface area (Å²) in [5.74, 6) is 0.234. The molecule has 0 fully saturated rings. The molecule has 5 rings (SSSR count). The first-order valence-electron chi connectivity index (χ1n) is 11.7. The largest absolute Gasteiger partial charge is 0.387 e. The standard InChI is InChI=1S/C30H28N2O2/c33-29(25-17-15-24(16-18-25)22-9-3-1-4-10-22)20-31-30(34)32-21-27(23-11-5-2-6-12-23)19-26-13-7-8-14-28(26)32/h1-18,27,29,33H,19-21H2,(H,31,34). The predicted molar refractivity (Wildman–Crippen MR) is 137 cm³/mol. The first-order chi connectivity index (χ1) is 16.7. The molecule has 0 aromatic heterocycles. The number of hydrogen-bond acceptors (Lipinski definition) is 2. The van der Waals surface area contributed by atoms with Crippen molar-refractivity contribution in [1.29, 1.82) is 0 Å². The number of nitrogens with zero attached hydrogens (tertiary/aromatic N) is 1. The van der Waals surface area contributed by atoms with Crippen molar-refractivity contribution in [3.05, 3.63) is 126 Å². The summed E-state index contributed by atoms with van der Waals surface area (Å²) < 4.78 is 0. The van der Waals surface area contributed by atoms with E-state index in [4.69, 9.17) is 0 Å². The Kier molecular flexibility index (Phi) is 6.41. The molecule has 34 heavy (non-hydrogen) atoms. The molecular weight excluding hydrogens is 420 g/mol. The zero-order chi connectivity index (χ0) is 23.3. The predicted octanol–water partition coefficient (Wildman–Crippen LogP) is 5.94. The Labute approximate surface area is 200 Å². The highest BCUT2D eigenvalue weighted by molar-refractivity contribution is 5.93. The van der Waals surface area contributed by atoms with E-state index in [9.17, 15) is 9.90 Å². The fourth-order valence-electron chi connectivity index (χ4n) is 4.66. The molecule has 4 aromatic carbocycles. The van der Waals surface area contributed by atoms with Gasteiger partial charge in [0.15, 0.2) is 0 Å². The molecule has 2 amide bonds. The van der Waals surface area contributed by atoms with E-state index in [-0.39, 0.29) is 18.5 Å². The summed E-state index contributed by atoms with van der Waals surface area (Å²) in [6.45, 7) is 0.757. The molecule has 0 radical (unpaired) electrons. The Hall–Kier alpha value is -3.89. The van der Waals surface area contributed by atoms with Crippen LogP contribution in [-0.4, -0.2) is 24.2 Å². The smallest absolute Gasteiger partial charge is 0.322 e. The van der Waals surface area contributed by atoms with Crippen LogP contribution in [0.5, 0.6) is 0 Å². The molecule has 0 saturated heterocycles. The van der Waals surface area contributed by atoms with Crippen LogP contribution in [0.4, 0.5) is 10.5 Å². The van der Waals surface area contributed by atoms with E-state index in [1.54, 1.807) is 0 Å². The average Bonchev–Trinajstić information content (AvgIpc) is 2.92. The van der Waals surface area contributed by atoms with Crippen LogP contribution in [0.1, 0.15) is 28.7 Å². The van der Waals surface area contributed by atoms with E-state index < -0.39 is 6.10 Å². The lowest BCUT2D eigenvalue weighted by Gasteiger charge is -2.35. The van der Waals surface area contributed by atoms with Gasteiger partial charge in [0.1, 0.15) is 0 Å². The SMILES string of the molecule is O=C(NCC(O)c1ccc(-c2ccccc2)cc1)N1CC(c2ccccc2)Cc2ccccc21. The van der Waals surface area contributed by atoms with Crippen LogP contribution in [0.25, 0.3) is 11.1 Å². The number of carbonyl (C=O) groups is 1. The molecule has 0 bridgehead atoms. The number of amides is 2. The Bertz CT molecular complexity index is 1240. The summed E-state index contributed by atoms with van der Waals surface area (Å²) in [5, 5.41) is 13.7. The first-order valence-corrected chi connectivity index (χ1v) is 11.7. The molecule has 4 heteroatoms. The zero-order valence-electron chi connectivity index (χ0n) is 19.0. The normalized spacial score (nSPS) is 15.9. The lowest BCUT2D eigenvalue weighted by Crippen LogP contribution is -2.46. The van der Waals surface area contributed by atoms with Gasteiger partial charge in [0.05, 0.1) is 6.10 Å². The first kappa shape index (κ1) is 21.9. The van der Waals surface area contributed by atoms with Crippen molar-refractivity contribution < 1.29 is 9.90 Å². The number of carbonyl (C=O) groups excluding carboxylic acids is 1. The molecule has 1 aliphatic rings. The van der Waals surface area contributed by atoms with E-state index in [2.05, 4.69) is 35.6 Å². The fourth-order valence-corrected chi connectivity index (χ4v) is 4.66. The number of benzene rings is 4. The average molecular weight is 449 g/mol. The van der Waals surface area contributed by atoms with Gasteiger partial charge in [-0.15, -0.1) is 0 Å². The summed E-state index contributed by atoms with van der Waals surface area (Å²) in [7, 11) is 0. The van der Waals surface area contributed by atoms with Gasteiger partial charge in [-0.1, -0.05) is 103 Å². The number of aliphatic hydroxyl groups excluding tert-OH is 1. The van der Waals surface area contributed by atoms with Gasteiger partial charge in [-0.3, -0.25) is 4.90 Å². The molecule has 1 aliphatic heterocycles. The van der Waals surface area contributed by atoms with Gasteiger partial charge in [-0.2, -0.15) is 0 Å². The van der Waals surface area contributed by atoms with Gasteiger partial charge in [-0.05, 0) is 40.3 Å². The van der Waals surface area contributed by atoms with Crippen LogP contribution in [0.15, 0.2) is 109 Å². The molecule has 0 saturated carbocycles. The van der Waals surface area contributed by atoms with Crippen molar-refractivity contribution >= 4 is 11.7 Å². The highest BCUT2D eigenvalue weighted by atomic mass is 16.3. The van der Waals surface area contributed by atoms with Gasteiger partial charge in [-0.25, -0.2) is 4.79 Å². The lowest BCUT2D eigenvalue weighted by atomic mass is 9.87. The molecule has 0 spiro atoms. The topological polar surface area (TPSA) is 52.6 Å². The molecule has 0 aliphatic carbocycles. The van der Waals surface area contributed by atoms with E-state index in [1.807, 2.05) is 83.8 Å². The van der Waals surface area contributed by atoms with Crippen molar-refractivity contribution in [2.75, 3.05) is 18.0 Å². The second kappa shape index (κ2) is 9.94. The van der Waals surface area contributed by atoms with Crippen LogP contribution in [0.3, 0.4) is 0 Å². The van der Waals surface area contributed by atoms with Crippen molar-refractivity contribution in [2.45, 2.75) is 18.4 Å². The molecule has 170 valence electrons. The van der Waals surface area contributed by atoms with Crippen molar-refractivity contribution in [2.24, 2.45) is 0 Å². The Morgan fingerprint density at radius 2 is 1.44 bits per heavy atom. The summed E-state index contributed by atoms with van der Waals surface area (Å²) in [6, 6.07) is 36.2. The Balaban J connectivity index is 1.27.